The molecule has 28 heavy (non-hydrogen) atoms. The molecule has 0 saturated heterocycles. The number of pyridine rings is 1. The van der Waals surface area contributed by atoms with Gasteiger partial charge in [0, 0.05) is 23.8 Å². The molecule has 0 aliphatic rings. The van der Waals surface area contributed by atoms with E-state index in [0.717, 1.165) is 0 Å². The van der Waals surface area contributed by atoms with Crippen LogP contribution in [-0.4, -0.2) is 32.7 Å². The van der Waals surface area contributed by atoms with Gasteiger partial charge in [-0.1, -0.05) is 0 Å². The average molecular weight is 388 g/mol. The quantitative estimate of drug-likeness (QED) is 0.478. The largest absolute Gasteiger partial charge is 0.345 e. The number of anilines is 1. The summed E-state index contributed by atoms with van der Waals surface area (Å²) in [4.78, 5) is 41.3. The van der Waals surface area contributed by atoms with Crippen LogP contribution in [0.1, 0.15) is 58.4 Å². The van der Waals surface area contributed by atoms with Crippen molar-refractivity contribution < 1.29 is 18.8 Å². The Morgan fingerprint density at radius 1 is 1.14 bits per heavy atom. The van der Waals surface area contributed by atoms with Crippen molar-refractivity contribution >= 4 is 23.3 Å². The predicted octanol–water partition coefficient (Wildman–Crippen LogP) is 2.83. The number of nitrogens with one attached hydrogen (secondary N) is 2. The second-order valence-corrected chi connectivity index (χ2v) is 7.81. The predicted molar refractivity (Wildman–Crippen MR) is 104 cm³/mol. The summed E-state index contributed by atoms with van der Waals surface area (Å²) in [5.41, 5.74) is 1.45. The Balaban J connectivity index is 2.38. The van der Waals surface area contributed by atoms with Gasteiger partial charge < -0.3 is 15.2 Å². The van der Waals surface area contributed by atoms with Gasteiger partial charge in [-0.2, -0.15) is 4.39 Å². The lowest BCUT2D eigenvalue weighted by Crippen LogP contribution is -2.44. The van der Waals surface area contributed by atoms with Crippen LogP contribution >= 0.6 is 0 Å². The van der Waals surface area contributed by atoms with Crippen molar-refractivity contribution in [3.05, 3.63) is 46.3 Å². The number of hydrogen-bond acceptors (Lipinski definition) is 4. The second-order valence-electron chi connectivity index (χ2n) is 7.81. The number of Topliss-reactive ketones (excluding diaryl/α,β-unsaturated/α-hetero) is 1. The first-order valence-corrected chi connectivity index (χ1v) is 8.79. The highest BCUT2D eigenvalue weighted by molar-refractivity contribution is 6.43. The van der Waals surface area contributed by atoms with Crippen LogP contribution in [-0.2, 0) is 11.8 Å². The maximum Gasteiger partial charge on any atom is 0.294 e. The van der Waals surface area contributed by atoms with Crippen LogP contribution in [0.2, 0.25) is 0 Å². The van der Waals surface area contributed by atoms with Crippen molar-refractivity contribution in [2.75, 3.05) is 5.32 Å². The van der Waals surface area contributed by atoms with E-state index in [9.17, 15) is 18.8 Å². The van der Waals surface area contributed by atoms with E-state index in [1.807, 2.05) is 0 Å². The van der Waals surface area contributed by atoms with Crippen LogP contribution in [0.15, 0.2) is 12.3 Å². The van der Waals surface area contributed by atoms with Crippen LogP contribution in [0.5, 0.6) is 0 Å². The molecule has 2 N–H and O–H groups in total. The summed E-state index contributed by atoms with van der Waals surface area (Å²) in [6.07, 6.45) is 1.22. The molecule has 2 aromatic rings. The van der Waals surface area contributed by atoms with Gasteiger partial charge in [0.15, 0.2) is 0 Å². The first kappa shape index (κ1) is 21.3. The number of aryl methyl sites for hydroxylation is 1. The van der Waals surface area contributed by atoms with Gasteiger partial charge in [0.2, 0.25) is 5.95 Å². The molecule has 0 radical (unpaired) electrons. The molecular weight excluding hydrogens is 363 g/mol. The van der Waals surface area contributed by atoms with Crippen LogP contribution in [0, 0.1) is 26.7 Å². The lowest BCUT2D eigenvalue weighted by Gasteiger charge is -2.20. The SMILES string of the molecule is Cc1cc(NC(=O)c2c(C)c(C(=O)C(=O)NC(C)(C)C)n(C)c2C)cnc1F. The highest BCUT2D eigenvalue weighted by Crippen LogP contribution is 2.23. The fourth-order valence-corrected chi connectivity index (χ4v) is 2.96. The molecule has 0 spiro atoms. The fraction of sp³-hybridized carbons (Fsp3) is 0.400. The Bertz CT molecular complexity index is 971. The molecule has 0 aliphatic carbocycles. The first-order valence-electron chi connectivity index (χ1n) is 8.79. The fourth-order valence-electron chi connectivity index (χ4n) is 2.96. The summed E-state index contributed by atoms with van der Waals surface area (Å²) >= 11 is 0. The molecule has 2 heterocycles. The number of carbonyl (C=O) groups is 3. The Hall–Kier alpha value is -3.03. The molecule has 7 nitrogen and oxygen atoms in total. The highest BCUT2D eigenvalue weighted by Gasteiger charge is 2.30. The molecule has 0 saturated carbocycles. The summed E-state index contributed by atoms with van der Waals surface area (Å²) < 4.78 is 14.9. The van der Waals surface area contributed by atoms with Crippen LogP contribution in [0.25, 0.3) is 0 Å². The van der Waals surface area contributed by atoms with Crippen LogP contribution in [0.3, 0.4) is 0 Å². The molecule has 2 rings (SSSR count). The highest BCUT2D eigenvalue weighted by atomic mass is 19.1. The van der Waals surface area contributed by atoms with E-state index in [2.05, 4.69) is 15.6 Å². The average Bonchev–Trinajstić information content (AvgIpc) is 2.78. The first-order chi connectivity index (χ1) is 12.8. The second kappa shape index (κ2) is 7.53. The maximum absolute atomic E-state index is 13.3. The molecule has 0 bridgehead atoms. The van der Waals surface area contributed by atoms with Crippen LogP contribution < -0.4 is 10.6 Å². The minimum atomic E-state index is -0.735. The number of rotatable bonds is 4. The van der Waals surface area contributed by atoms with Gasteiger partial charge in [-0.15, -0.1) is 0 Å². The number of aromatic nitrogens is 2. The van der Waals surface area contributed by atoms with Crippen molar-refractivity contribution in [3.8, 4) is 0 Å². The summed E-state index contributed by atoms with van der Waals surface area (Å²) in [5, 5.41) is 5.30. The van der Waals surface area contributed by atoms with E-state index in [0.29, 0.717) is 22.5 Å². The molecule has 0 fully saturated rings. The summed E-state index contributed by atoms with van der Waals surface area (Å²) in [6.45, 7) is 10.2. The lowest BCUT2D eigenvalue weighted by molar-refractivity contribution is -0.118. The molecule has 0 aromatic carbocycles. The van der Waals surface area contributed by atoms with E-state index in [4.69, 9.17) is 0 Å². The number of hydrogen-bond donors (Lipinski definition) is 2. The van der Waals surface area contributed by atoms with Gasteiger partial charge in [0.25, 0.3) is 17.6 Å². The van der Waals surface area contributed by atoms with E-state index >= 15 is 0 Å². The van der Waals surface area contributed by atoms with E-state index in [1.165, 1.54) is 16.8 Å². The third-order valence-corrected chi connectivity index (χ3v) is 4.34. The molecule has 150 valence electrons. The molecule has 2 aromatic heterocycles. The molecule has 0 atom stereocenters. The zero-order valence-electron chi connectivity index (χ0n) is 17.2. The van der Waals surface area contributed by atoms with Gasteiger partial charge in [0.1, 0.15) is 0 Å². The lowest BCUT2D eigenvalue weighted by atomic mass is 10.1. The summed E-state index contributed by atoms with van der Waals surface area (Å²) in [7, 11) is 1.63. The zero-order chi connectivity index (χ0) is 21.4. The third-order valence-electron chi connectivity index (χ3n) is 4.34. The van der Waals surface area contributed by atoms with Crippen LogP contribution in [0.4, 0.5) is 10.1 Å². The Morgan fingerprint density at radius 3 is 2.29 bits per heavy atom. The zero-order valence-corrected chi connectivity index (χ0v) is 17.2. The van der Waals surface area contributed by atoms with E-state index in [-0.39, 0.29) is 11.3 Å². The third kappa shape index (κ3) is 4.27. The molecular formula is C20H25FN4O3. The van der Waals surface area contributed by atoms with Crippen molar-refractivity contribution in [1.29, 1.82) is 0 Å². The smallest absolute Gasteiger partial charge is 0.294 e. The van der Waals surface area contributed by atoms with Crippen molar-refractivity contribution in [2.45, 2.75) is 47.1 Å². The van der Waals surface area contributed by atoms with Gasteiger partial charge in [-0.3, -0.25) is 14.4 Å². The van der Waals surface area contributed by atoms with Crippen molar-refractivity contribution in [2.24, 2.45) is 7.05 Å². The molecule has 8 heteroatoms. The van der Waals surface area contributed by atoms with Gasteiger partial charge in [0.05, 0.1) is 23.1 Å². The monoisotopic (exact) mass is 388 g/mol. The minimum Gasteiger partial charge on any atom is -0.345 e. The Kier molecular flexibility index (Phi) is 5.72. The maximum atomic E-state index is 13.3. The molecule has 0 unspecified atom stereocenters. The normalized spacial score (nSPS) is 11.3. The Morgan fingerprint density at radius 2 is 1.75 bits per heavy atom. The number of ketones is 1. The number of halogens is 1. The number of nitrogens with zero attached hydrogens (tertiary/aromatic N) is 2. The van der Waals surface area contributed by atoms with E-state index < -0.39 is 29.1 Å². The Labute approximate surface area is 163 Å². The topological polar surface area (TPSA) is 93.1 Å². The minimum absolute atomic E-state index is 0.151. The summed E-state index contributed by atoms with van der Waals surface area (Å²) in [5.74, 6) is -2.52. The molecule has 0 aliphatic heterocycles. The van der Waals surface area contributed by atoms with Gasteiger partial charge in [-0.05, 0) is 53.2 Å². The van der Waals surface area contributed by atoms with Crippen molar-refractivity contribution in [3.63, 3.8) is 0 Å². The number of amides is 2. The van der Waals surface area contributed by atoms with Crippen molar-refractivity contribution in [1.82, 2.24) is 14.9 Å². The number of carbonyl (C=O) groups excluding carboxylic acids is 3. The van der Waals surface area contributed by atoms with Gasteiger partial charge in [-0.25, -0.2) is 4.98 Å². The van der Waals surface area contributed by atoms with E-state index in [1.54, 1.807) is 48.6 Å². The standard InChI is InChI=1S/C20H25FN4O3/c1-10-8-13(9-22-17(10)21)23-18(27)14-11(2)15(25(7)12(14)3)16(26)19(28)24-20(4,5)6/h8-9H,1-7H3,(H,23,27)(H,24,28). The van der Waals surface area contributed by atoms with Gasteiger partial charge >= 0.3 is 0 Å². The molecule has 2 amide bonds. The summed E-state index contributed by atoms with van der Waals surface area (Å²) in [6, 6.07) is 1.47.